The molecule has 1 saturated carbocycles. The Hall–Kier alpha value is -12.8. The highest BCUT2D eigenvalue weighted by Gasteiger charge is 2.37. The SMILES string of the molecule is COc1cc(C)ncc1NC(=O)c1c(N)nn2cc3c(nc12)CCN(C1COC1)C3.COc1ccncc1NC(=O)c1c(N)nn2cc3c(nc12)CCN(C1COC1)C3.COc1ccncc1NC(=O)c1c(N)nn2cc3c(nc12)CCN(C1COC1)C3.Nc1nn2cc3c(nc2c1C(=O)Nc1cnccc1C1CC1)CCN(C1COC1)C3. The van der Waals surface area contributed by atoms with Crippen molar-refractivity contribution in [3.63, 3.8) is 0 Å². The van der Waals surface area contributed by atoms with Crippen molar-refractivity contribution < 1.29 is 52.3 Å². The molecular weight excluding hydrogens is 1520 g/mol. The van der Waals surface area contributed by atoms with Crippen LogP contribution >= 0.6 is 0 Å². The fourth-order valence-electron chi connectivity index (χ4n) is 15.8. The number of aryl methyl sites for hydroxylation is 1. The van der Waals surface area contributed by atoms with Gasteiger partial charge in [0.15, 0.2) is 45.9 Å². The van der Waals surface area contributed by atoms with Gasteiger partial charge in [0.25, 0.3) is 23.6 Å². The molecule has 0 unspecified atom stereocenters. The lowest BCUT2D eigenvalue weighted by atomic mass is 10.0. The lowest BCUT2D eigenvalue weighted by Gasteiger charge is -2.39. The van der Waals surface area contributed by atoms with E-state index in [0.717, 1.165) is 206 Å². The summed E-state index contributed by atoms with van der Waals surface area (Å²) in [6.45, 7) is 15.0. The number of amides is 4. The normalized spacial score (nSPS) is 17.6. The quantitative estimate of drug-likeness (QED) is 0.0675. The first-order valence-corrected chi connectivity index (χ1v) is 39.1. The molecule has 12 aromatic rings. The average molecular weight is 1610 g/mol. The van der Waals surface area contributed by atoms with Crippen molar-refractivity contribution in [1.29, 1.82) is 0 Å². The number of hydrogen-bond donors (Lipinski definition) is 8. The zero-order valence-corrected chi connectivity index (χ0v) is 65.3. The third-order valence-electron chi connectivity index (χ3n) is 22.8. The van der Waals surface area contributed by atoms with Crippen molar-refractivity contribution >= 4 is 92.2 Å². The van der Waals surface area contributed by atoms with Crippen molar-refractivity contribution in [2.24, 2.45) is 0 Å². The maximum atomic E-state index is 13.1. The minimum atomic E-state index is -0.402. The van der Waals surface area contributed by atoms with Gasteiger partial charge in [-0.1, -0.05) is 0 Å². The van der Waals surface area contributed by atoms with E-state index in [0.29, 0.717) is 92.5 Å². The van der Waals surface area contributed by atoms with Gasteiger partial charge >= 0.3 is 0 Å². The minimum absolute atomic E-state index is 0.129. The molecule has 4 amide bonds. The van der Waals surface area contributed by atoms with Gasteiger partial charge in [0.1, 0.15) is 56.6 Å². The molecule has 12 aromatic heterocycles. The summed E-state index contributed by atoms with van der Waals surface area (Å²) in [7, 11) is 4.60. The molecule has 4 saturated heterocycles. The molecule has 118 heavy (non-hydrogen) atoms. The number of hydrogen-bond acceptors (Lipinski definition) is 31. The second-order valence-corrected chi connectivity index (χ2v) is 30.3. The molecule has 0 radical (unpaired) electrons. The summed E-state index contributed by atoms with van der Waals surface area (Å²) >= 11 is 0. The monoisotopic (exact) mass is 1600 g/mol. The van der Waals surface area contributed by atoms with E-state index in [1.54, 1.807) is 74.4 Å². The van der Waals surface area contributed by atoms with Crippen molar-refractivity contribution in [2.45, 2.75) is 102 Å². The van der Waals surface area contributed by atoms with Gasteiger partial charge in [-0.15, -0.1) is 20.4 Å². The largest absolute Gasteiger partial charge is 0.494 e. The average Bonchev–Trinajstić information content (AvgIpc) is 1.58. The Morgan fingerprint density at radius 1 is 0.407 bits per heavy atom. The molecule has 21 rings (SSSR count). The fourth-order valence-corrected chi connectivity index (χ4v) is 15.8. The molecule has 0 bridgehead atoms. The molecule has 39 nitrogen and oxygen atoms in total. The van der Waals surface area contributed by atoms with Crippen LogP contribution in [0.5, 0.6) is 17.2 Å². The number of carbonyl (C=O) groups excluding carboxylic acids is 4. The van der Waals surface area contributed by atoms with Crippen LogP contribution in [0.15, 0.2) is 92.4 Å². The highest BCUT2D eigenvalue weighted by Crippen LogP contribution is 2.44. The van der Waals surface area contributed by atoms with E-state index in [9.17, 15) is 19.2 Å². The van der Waals surface area contributed by atoms with Crippen LogP contribution in [0.4, 0.5) is 46.0 Å². The molecule has 8 aliphatic heterocycles. The molecule has 20 heterocycles. The van der Waals surface area contributed by atoms with Gasteiger partial charge in [-0.3, -0.25) is 58.7 Å². The molecule has 9 aliphatic rings. The third-order valence-corrected chi connectivity index (χ3v) is 22.8. The van der Waals surface area contributed by atoms with E-state index < -0.39 is 17.7 Å². The first-order chi connectivity index (χ1) is 57.5. The van der Waals surface area contributed by atoms with E-state index in [-0.39, 0.29) is 45.9 Å². The number of aromatic nitrogens is 16. The minimum Gasteiger partial charge on any atom is -0.494 e. The molecule has 0 aromatic carbocycles. The number of rotatable bonds is 16. The van der Waals surface area contributed by atoms with Crippen LogP contribution in [0.2, 0.25) is 0 Å². The number of nitrogens with zero attached hydrogens (tertiary/aromatic N) is 20. The van der Waals surface area contributed by atoms with Gasteiger partial charge in [-0.2, -0.15) is 0 Å². The van der Waals surface area contributed by atoms with E-state index in [1.165, 1.54) is 26.6 Å². The highest BCUT2D eigenvalue weighted by molar-refractivity contribution is 6.14. The zero-order valence-electron chi connectivity index (χ0n) is 65.3. The van der Waals surface area contributed by atoms with Gasteiger partial charge in [0, 0.05) is 168 Å². The van der Waals surface area contributed by atoms with Crippen LogP contribution in [-0.2, 0) is 70.8 Å². The second-order valence-electron chi connectivity index (χ2n) is 30.3. The van der Waals surface area contributed by atoms with Crippen LogP contribution in [0.25, 0.3) is 22.6 Å². The fraction of sp³-hybridized carbons (Fsp3) is 0.392. The Morgan fingerprint density at radius 3 is 1.00 bits per heavy atom. The topological polar surface area (TPSA) is 470 Å². The Bertz CT molecular complexity index is 5720. The molecule has 0 atom stereocenters. The predicted octanol–water partition coefficient (Wildman–Crippen LogP) is 4.07. The number of pyridine rings is 4. The molecule has 39 heteroatoms. The summed E-state index contributed by atoms with van der Waals surface area (Å²) in [5.74, 6) is 1.11. The van der Waals surface area contributed by atoms with Gasteiger partial charge in [0.2, 0.25) is 0 Å². The Morgan fingerprint density at radius 2 is 0.703 bits per heavy atom. The number of carbonyl (C=O) groups is 4. The van der Waals surface area contributed by atoms with Gasteiger partial charge in [-0.05, 0) is 37.3 Å². The zero-order chi connectivity index (χ0) is 81.0. The number of methoxy groups -OCH3 is 3. The smallest absolute Gasteiger partial charge is 0.263 e. The first kappa shape index (κ1) is 76.5. The van der Waals surface area contributed by atoms with Crippen LogP contribution in [0, 0.1) is 6.92 Å². The molecule has 5 fully saturated rings. The van der Waals surface area contributed by atoms with Crippen LogP contribution < -0.4 is 58.4 Å². The molecule has 0 spiro atoms. The molecule has 610 valence electrons. The number of fused-ring (bicyclic) bond motifs is 8. The van der Waals surface area contributed by atoms with E-state index in [4.69, 9.17) is 76.0 Å². The highest BCUT2D eigenvalue weighted by atomic mass is 16.5. The Balaban J connectivity index is 0.000000108. The van der Waals surface area contributed by atoms with Crippen molar-refractivity contribution in [2.75, 3.05) is 145 Å². The number of nitrogens with one attached hydrogen (secondary N) is 4. The summed E-state index contributed by atoms with van der Waals surface area (Å²) in [5, 5.41) is 28.7. The van der Waals surface area contributed by atoms with Gasteiger partial charge in [0.05, 0.1) is 152 Å². The number of ether oxygens (including phenoxy) is 7. The lowest BCUT2D eigenvalue weighted by Crippen LogP contribution is -2.50. The number of anilines is 8. The molecule has 1 aliphatic carbocycles. The van der Waals surface area contributed by atoms with E-state index in [1.807, 2.05) is 37.8 Å². The standard InChI is InChI=1S/C21H23N7O2.C20H23N7O3.2C19H21N7O3/c22-19-18(21(29)25-17-7-23-5-3-15(17)12-1-2-12)20-24-16-4-6-27(14-10-30-11-14)8-13(16)9-28(20)26-19;1-11-5-16(29-2)15(6-22-11)24-20(28)17-18(21)25-27-8-12-7-26(13-9-30-10-13)4-3-14(12)23-19(17)27;2*1-28-15-2-4-21-6-14(15)23-19(27)16-17(20)24-26-8-11-7-25(12-9-29-10-12)5-3-13(11)22-18(16)26/h3,5,7,9,12,14H,1-2,4,6,8,10-11H2,(H2,22,26)(H,25,29);5-6,8,13H,3-4,7,9-10H2,1-2H3,(H2,21,25)(H,24,28);2*2,4,6,8,12H,3,5,7,9-10H2,1H3,(H2,20,24)(H,23,27). The summed E-state index contributed by atoms with van der Waals surface area (Å²) in [5.41, 5.74) is 39.7. The van der Waals surface area contributed by atoms with E-state index in [2.05, 4.69) is 81.2 Å². The van der Waals surface area contributed by atoms with Crippen LogP contribution in [0.1, 0.15) is 116 Å². The summed E-state index contributed by atoms with van der Waals surface area (Å²) in [6.07, 6.45) is 24.5. The van der Waals surface area contributed by atoms with Crippen LogP contribution in [-0.4, -0.2) is 246 Å². The Kier molecular flexibility index (Phi) is 21.0. The van der Waals surface area contributed by atoms with Gasteiger partial charge < -0.3 is 77.4 Å². The van der Waals surface area contributed by atoms with Crippen molar-refractivity contribution in [3.05, 3.63) is 171 Å². The lowest BCUT2D eigenvalue weighted by molar-refractivity contribution is -0.0697. The van der Waals surface area contributed by atoms with E-state index >= 15 is 0 Å². The predicted molar refractivity (Wildman–Crippen MR) is 430 cm³/mol. The van der Waals surface area contributed by atoms with Crippen LogP contribution in [0.3, 0.4) is 0 Å². The molecular formula is C79H88N28O11. The van der Waals surface area contributed by atoms with Gasteiger partial charge in [-0.25, -0.2) is 38.0 Å². The summed E-state index contributed by atoms with van der Waals surface area (Å²) in [4.78, 5) is 97.1. The maximum Gasteiger partial charge on any atom is 0.263 e. The third kappa shape index (κ3) is 15.2. The summed E-state index contributed by atoms with van der Waals surface area (Å²) < 4.78 is 43.5. The maximum absolute atomic E-state index is 13.1. The number of nitrogens with two attached hydrogens (primary N) is 4. The Labute approximate surface area is 674 Å². The number of nitrogen functional groups attached to an aromatic ring is 4. The summed E-state index contributed by atoms with van der Waals surface area (Å²) in [6, 6.07) is 8.96. The second kappa shape index (κ2) is 32.4. The first-order valence-electron chi connectivity index (χ1n) is 39.1. The molecule has 12 N–H and O–H groups in total. The van der Waals surface area contributed by atoms with Crippen molar-refractivity contribution in [3.8, 4) is 17.2 Å². The van der Waals surface area contributed by atoms with Crippen molar-refractivity contribution in [1.82, 2.24) is 97.9 Å².